The average Bonchev–Trinajstić information content (AvgIpc) is 3.14. The van der Waals surface area contributed by atoms with Gasteiger partial charge in [-0.05, 0) is 44.1 Å². The van der Waals surface area contributed by atoms with Gasteiger partial charge in [0.2, 0.25) is 10.0 Å². The zero-order valence-corrected chi connectivity index (χ0v) is 16.3. The van der Waals surface area contributed by atoms with Crippen LogP contribution in [0.25, 0.3) is 0 Å². The molecule has 27 heavy (non-hydrogen) atoms. The van der Waals surface area contributed by atoms with Crippen molar-refractivity contribution in [2.45, 2.75) is 30.7 Å². The maximum Gasteiger partial charge on any atom is 0.254 e. The lowest BCUT2D eigenvalue weighted by atomic mass is 10.1. The molecule has 0 aromatic heterocycles. The molecule has 7 nitrogen and oxygen atoms in total. The molecule has 1 aromatic rings. The lowest BCUT2D eigenvalue weighted by molar-refractivity contribution is 0.0730. The van der Waals surface area contributed by atoms with Gasteiger partial charge in [0.1, 0.15) is 5.82 Å². The first-order valence-corrected chi connectivity index (χ1v) is 10.8. The number of sulfonamides is 1. The summed E-state index contributed by atoms with van der Waals surface area (Å²) >= 11 is 0. The van der Waals surface area contributed by atoms with E-state index in [1.54, 1.807) is 0 Å². The summed E-state index contributed by atoms with van der Waals surface area (Å²) in [5.41, 5.74) is -0.245. The van der Waals surface area contributed by atoms with Gasteiger partial charge in [-0.25, -0.2) is 12.8 Å². The van der Waals surface area contributed by atoms with Gasteiger partial charge >= 0.3 is 0 Å². The minimum absolute atomic E-state index is 0.0769. The standard InChI is InChI=1S/C18H26FN3O4S/c1-2-21-7-3-4-14(21)13-20-18(23)16-12-15(5-6-17(16)19)27(24,25)22-8-10-26-11-9-22/h5-6,12,14H,2-4,7-11,13H2,1H3,(H,20,23)/t14-/m0/s1. The monoisotopic (exact) mass is 399 g/mol. The fraction of sp³-hybridized carbons (Fsp3) is 0.611. The van der Waals surface area contributed by atoms with E-state index in [1.165, 1.54) is 10.4 Å². The molecule has 0 aliphatic carbocycles. The molecule has 0 bridgehead atoms. The van der Waals surface area contributed by atoms with Gasteiger partial charge in [-0.15, -0.1) is 0 Å². The Hall–Kier alpha value is -1.55. The van der Waals surface area contributed by atoms with Gasteiger partial charge < -0.3 is 10.1 Å². The lowest BCUT2D eigenvalue weighted by Crippen LogP contribution is -2.41. The predicted molar refractivity (Wildman–Crippen MR) is 98.6 cm³/mol. The zero-order chi connectivity index (χ0) is 19.4. The van der Waals surface area contributed by atoms with Crippen LogP contribution in [0.2, 0.25) is 0 Å². The third-order valence-corrected chi connectivity index (χ3v) is 7.09. The van der Waals surface area contributed by atoms with E-state index < -0.39 is 21.7 Å². The maximum absolute atomic E-state index is 14.2. The molecule has 0 radical (unpaired) electrons. The van der Waals surface area contributed by atoms with E-state index in [2.05, 4.69) is 17.1 Å². The smallest absolute Gasteiger partial charge is 0.254 e. The molecular weight excluding hydrogens is 373 g/mol. The van der Waals surface area contributed by atoms with Gasteiger partial charge in [0.25, 0.3) is 5.91 Å². The summed E-state index contributed by atoms with van der Waals surface area (Å²) in [6, 6.07) is 3.60. The molecule has 2 heterocycles. The van der Waals surface area contributed by atoms with E-state index >= 15 is 0 Å². The number of morpholine rings is 1. The molecule has 1 atom stereocenters. The molecule has 3 rings (SSSR count). The number of benzene rings is 1. The second-order valence-electron chi connectivity index (χ2n) is 6.79. The van der Waals surface area contributed by atoms with E-state index in [1.807, 2.05) is 0 Å². The Morgan fingerprint density at radius 1 is 1.30 bits per heavy atom. The van der Waals surface area contributed by atoms with Gasteiger partial charge in [0.15, 0.2) is 0 Å². The Bertz CT molecular complexity index is 781. The number of amides is 1. The Balaban J connectivity index is 1.73. The van der Waals surface area contributed by atoms with Gasteiger partial charge in [0.05, 0.1) is 23.7 Å². The van der Waals surface area contributed by atoms with Crippen LogP contribution in [0.5, 0.6) is 0 Å². The first kappa shape index (κ1) is 20.2. The van der Waals surface area contributed by atoms with Crippen LogP contribution in [0.4, 0.5) is 4.39 Å². The van der Waals surface area contributed by atoms with E-state index in [0.29, 0.717) is 19.8 Å². The molecule has 1 amide bonds. The highest BCUT2D eigenvalue weighted by Gasteiger charge is 2.28. The molecule has 0 spiro atoms. The minimum Gasteiger partial charge on any atom is -0.379 e. The Morgan fingerprint density at radius 2 is 2.04 bits per heavy atom. The predicted octanol–water partition coefficient (Wildman–Crippen LogP) is 1.06. The van der Waals surface area contributed by atoms with Crippen molar-refractivity contribution in [3.8, 4) is 0 Å². The van der Waals surface area contributed by atoms with Crippen molar-refractivity contribution in [1.82, 2.24) is 14.5 Å². The summed E-state index contributed by atoms with van der Waals surface area (Å²) < 4.78 is 46.1. The van der Waals surface area contributed by atoms with E-state index in [0.717, 1.165) is 38.1 Å². The van der Waals surface area contributed by atoms with Crippen molar-refractivity contribution in [2.75, 3.05) is 45.9 Å². The van der Waals surface area contributed by atoms with Crippen molar-refractivity contribution in [1.29, 1.82) is 0 Å². The molecule has 0 unspecified atom stereocenters. The lowest BCUT2D eigenvalue weighted by Gasteiger charge is -2.26. The fourth-order valence-corrected chi connectivity index (χ4v) is 5.06. The average molecular weight is 399 g/mol. The van der Waals surface area contributed by atoms with Crippen LogP contribution in [-0.2, 0) is 14.8 Å². The number of halogens is 1. The van der Waals surface area contributed by atoms with Crippen LogP contribution < -0.4 is 5.32 Å². The number of likely N-dealkylation sites (N-methyl/N-ethyl adjacent to an activating group) is 1. The van der Waals surface area contributed by atoms with Gasteiger partial charge in [0, 0.05) is 25.7 Å². The molecule has 2 saturated heterocycles. The summed E-state index contributed by atoms with van der Waals surface area (Å²) in [6.07, 6.45) is 2.07. The largest absolute Gasteiger partial charge is 0.379 e. The molecular formula is C18H26FN3O4S. The molecule has 2 aliphatic heterocycles. The quantitative estimate of drug-likeness (QED) is 0.774. The molecule has 0 saturated carbocycles. The molecule has 2 aliphatic rings. The highest BCUT2D eigenvalue weighted by Crippen LogP contribution is 2.21. The van der Waals surface area contributed by atoms with Crippen molar-refractivity contribution < 1.29 is 22.3 Å². The number of rotatable bonds is 6. The summed E-state index contributed by atoms with van der Waals surface area (Å²) in [5, 5.41) is 2.76. The number of nitrogens with zero attached hydrogens (tertiary/aromatic N) is 2. The number of likely N-dealkylation sites (tertiary alicyclic amines) is 1. The van der Waals surface area contributed by atoms with Crippen molar-refractivity contribution in [3.63, 3.8) is 0 Å². The number of nitrogens with one attached hydrogen (secondary N) is 1. The molecule has 9 heteroatoms. The summed E-state index contributed by atoms with van der Waals surface area (Å²) in [4.78, 5) is 14.7. The topological polar surface area (TPSA) is 79.0 Å². The summed E-state index contributed by atoms with van der Waals surface area (Å²) in [6.45, 7) is 5.53. The number of hydrogen-bond donors (Lipinski definition) is 1. The first-order valence-electron chi connectivity index (χ1n) is 9.33. The second-order valence-corrected chi connectivity index (χ2v) is 8.73. The van der Waals surface area contributed by atoms with Crippen molar-refractivity contribution in [3.05, 3.63) is 29.6 Å². The maximum atomic E-state index is 14.2. The number of ether oxygens (including phenoxy) is 1. The van der Waals surface area contributed by atoms with E-state index in [4.69, 9.17) is 4.74 Å². The number of hydrogen-bond acceptors (Lipinski definition) is 5. The van der Waals surface area contributed by atoms with Crippen LogP contribution in [0.15, 0.2) is 23.1 Å². The van der Waals surface area contributed by atoms with Crippen LogP contribution in [0.3, 0.4) is 0 Å². The SMILES string of the molecule is CCN1CCC[C@H]1CNC(=O)c1cc(S(=O)(=O)N2CCOCC2)ccc1F. The number of carbonyl (C=O) groups is 1. The van der Waals surface area contributed by atoms with Gasteiger partial charge in [-0.3, -0.25) is 9.69 Å². The fourth-order valence-electron chi connectivity index (χ4n) is 3.62. The van der Waals surface area contributed by atoms with E-state index in [-0.39, 0.29) is 29.6 Å². The van der Waals surface area contributed by atoms with Crippen LogP contribution >= 0.6 is 0 Å². The van der Waals surface area contributed by atoms with Crippen molar-refractivity contribution >= 4 is 15.9 Å². The van der Waals surface area contributed by atoms with Crippen LogP contribution in [0, 0.1) is 5.82 Å². The van der Waals surface area contributed by atoms with Gasteiger partial charge in [-0.1, -0.05) is 6.92 Å². The zero-order valence-electron chi connectivity index (χ0n) is 15.5. The third-order valence-electron chi connectivity index (χ3n) is 5.19. The molecule has 2 fully saturated rings. The Labute approximate surface area is 159 Å². The Morgan fingerprint density at radius 3 is 2.74 bits per heavy atom. The third kappa shape index (κ3) is 4.48. The summed E-state index contributed by atoms with van der Waals surface area (Å²) in [7, 11) is -3.78. The van der Waals surface area contributed by atoms with Crippen LogP contribution in [-0.4, -0.2) is 75.5 Å². The highest BCUT2D eigenvalue weighted by molar-refractivity contribution is 7.89. The van der Waals surface area contributed by atoms with Crippen LogP contribution in [0.1, 0.15) is 30.1 Å². The summed E-state index contributed by atoms with van der Waals surface area (Å²) in [5.74, 6) is -1.32. The molecule has 150 valence electrons. The highest BCUT2D eigenvalue weighted by atomic mass is 32.2. The molecule has 1 aromatic carbocycles. The molecule has 1 N–H and O–H groups in total. The van der Waals surface area contributed by atoms with Gasteiger partial charge in [-0.2, -0.15) is 4.31 Å². The van der Waals surface area contributed by atoms with E-state index in [9.17, 15) is 17.6 Å². The second kappa shape index (κ2) is 8.64. The normalized spacial score (nSPS) is 22.1. The minimum atomic E-state index is -3.78. The number of carbonyl (C=O) groups excluding carboxylic acids is 1. The first-order chi connectivity index (χ1) is 12.9. The van der Waals surface area contributed by atoms with Crippen molar-refractivity contribution in [2.24, 2.45) is 0 Å². The Kier molecular flexibility index (Phi) is 6.46.